The number of nitrogens with one attached hydrogen (secondary N) is 1. The summed E-state index contributed by atoms with van der Waals surface area (Å²) in [6, 6.07) is 0. The van der Waals surface area contributed by atoms with E-state index in [-0.39, 0.29) is 0 Å². The highest BCUT2D eigenvalue weighted by molar-refractivity contribution is 4.96. The minimum Gasteiger partial charge on any atom is -0.307 e. The molecule has 0 saturated carbocycles. The third kappa shape index (κ3) is 6.22. The molecule has 108 valence electrons. The molecule has 0 aromatic heterocycles. The van der Waals surface area contributed by atoms with Gasteiger partial charge in [-0.25, -0.2) is 0 Å². The van der Waals surface area contributed by atoms with Gasteiger partial charge in [0.25, 0.3) is 0 Å². The quantitative estimate of drug-likeness (QED) is 0.608. The van der Waals surface area contributed by atoms with Crippen LogP contribution in [0.2, 0.25) is 0 Å². The monoisotopic (exact) mass is 253 g/mol. The van der Waals surface area contributed by atoms with E-state index < -0.39 is 0 Å². The standard InChI is InChI=1S/C17H35N/c1-6-7-8-9-10-11-12-15-13-16(2,3)18-17(4,5)14-15/h15,18H,6-14H2,1-5H3. The molecule has 0 bridgehead atoms. The Bertz CT molecular complexity index is 214. The van der Waals surface area contributed by atoms with Crippen molar-refractivity contribution < 1.29 is 0 Å². The van der Waals surface area contributed by atoms with Gasteiger partial charge in [0.05, 0.1) is 0 Å². The second-order valence-corrected chi connectivity index (χ2v) is 7.72. The lowest BCUT2D eigenvalue weighted by atomic mass is 9.74. The lowest BCUT2D eigenvalue weighted by Crippen LogP contribution is -2.57. The average molecular weight is 253 g/mol. The molecule has 1 fully saturated rings. The summed E-state index contributed by atoms with van der Waals surface area (Å²) < 4.78 is 0. The highest BCUT2D eigenvalue weighted by Gasteiger charge is 2.36. The fourth-order valence-electron chi connectivity index (χ4n) is 3.95. The molecule has 0 atom stereocenters. The van der Waals surface area contributed by atoms with Gasteiger partial charge in [-0.05, 0) is 46.5 Å². The van der Waals surface area contributed by atoms with E-state index in [4.69, 9.17) is 0 Å². The van der Waals surface area contributed by atoms with Gasteiger partial charge >= 0.3 is 0 Å². The predicted molar refractivity (Wildman–Crippen MR) is 82.0 cm³/mol. The van der Waals surface area contributed by atoms with Crippen molar-refractivity contribution in [3.8, 4) is 0 Å². The van der Waals surface area contributed by atoms with Crippen molar-refractivity contribution in [1.29, 1.82) is 0 Å². The van der Waals surface area contributed by atoms with E-state index >= 15 is 0 Å². The molecule has 0 amide bonds. The molecule has 0 aromatic rings. The van der Waals surface area contributed by atoms with E-state index in [1.165, 1.54) is 57.8 Å². The second kappa shape index (κ2) is 6.93. The summed E-state index contributed by atoms with van der Waals surface area (Å²) in [5, 5.41) is 3.78. The third-order valence-electron chi connectivity index (χ3n) is 4.24. The third-order valence-corrected chi connectivity index (χ3v) is 4.24. The summed E-state index contributed by atoms with van der Waals surface area (Å²) in [6.07, 6.45) is 12.7. The maximum absolute atomic E-state index is 3.78. The summed E-state index contributed by atoms with van der Waals surface area (Å²) in [5.41, 5.74) is 0.656. The van der Waals surface area contributed by atoms with Crippen molar-refractivity contribution in [2.24, 2.45) is 5.92 Å². The number of piperidine rings is 1. The first kappa shape index (κ1) is 16.0. The molecule has 1 heterocycles. The van der Waals surface area contributed by atoms with Gasteiger partial charge in [0.1, 0.15) is 0 Å². The highest BCUT2D eigenvalue weighted by atomic mass is 15.0. The van der Waals surface area contributed by atoms with Crippen LogP contribution in [0, 0.1) is 5.92 Å². The van der Waals surface area contributed by atoms with Crippen LogP contribution >= 0.6 is 0 Å². The molecule has 1 heteroatoms. The molecule has 1 aliphatic rings. The summed E-state index contributed by atoms with van der Waals surface area (Å²) in [5.74, 6) is 0.933. The zero-order valence-electron chi connectivity index (χ0n) is 13.4. The minimum atomic E-state index is 0.328. The molecular formula is C17H35N. The van der Waals surface area contributed by atoms with Crippen LogP contribution in [-0.4, -0.2) is 11.1 Å². The lowest BCUT2D eigenvalue weighted by molar-refractivity contribution is 0.122. The normalized spacial score (nSPS) is 23.2. The average Bonchev–Trinajstić information content (AvgIpc) is 2.18. The van der Waals surface area contributed by atoms with Crippen molar-refractivity contribution in [3.05, 3.63) is 0 Å². The van der Waals surface area contributed by atoms with Gasteiger partial charge < -0.3 is 5.32 Å². The number of hydrogen-bond acceptors (Lipinski definition) is 1. The van der Waals surface area contributed by atoms with Crippen LogP contribution in [0.25, 0.3) is 0 Å². The molecule has 0 spiro atoms. The molecule has 0 radical (unpaired) electrons. The zero-order chi connectivity index (χ0) is 13.6. The van der Waals surface area contributed by atoms with Gasteiger partial charge in [-0.3, -0.25) is 0 Å². The van der Waals surface area contributed by atoms with Crippen LogP contribution in [0.3, 0.4) is 0 Å². The van der Waals surface area contributed by atoms with Gasteiger partial charge in [-0.1, -0.05) is 51.9 Å². The zero-order valence-corrected chi connectivity index (χ0v) is 13.4. The Hall–Kier alpha value is -0.0400. The Kier molecular flexibility index (Phi) is 6.17. The molecular weight excluding hydrogens is 218 g/mol. The van der Waals surface area contributed by atoms with Crippen LogP contribution in [0.4, 0.5) is 0 Å². The van der Waals surface area contributed by atoms with Crippen LogP contribution in [0.5, 0.6) is 0 Å². The van der Waals surface area contributed by atoms with Crippen LogP contribution in [0.15, 0.2) is 0 Å². The Balaban J connectivity index is 2.21. The van der Waals surface area contributed by atoms with Crippen molar-refractivity contribution in [2.75, 3.05) is 0 Å². The Morgan fingerprint density at radius 2 is 1.33 bits per heavy atom. The van der Waals surface area contributed by atoms with E-state index in [0.29, 0.717) is 11.1 Å². The van der Waals surface area contributed by atoms with Gasteiger partial charge in [0.2, 0.25) is 0 Å². The molecule has 1 rings (SSSR count). The molecule has 0 unspecified atom stereocenters. The highest BCUT2D eigenvalue weighted by Crippen LogP contribution is 2.35. The molecule has 1 aliphatic heterocycles. The van der Waals surface area contributed by atoms with Gasteiger partial charge in [-0.2, -0.15) is 0 Å². The molecule has 0 aliphatic carbocycles. The van der Waals surface area contributed by atoms with Crippen LogP contribution < -0.4 is 5.32 Å². The Morgan fingerprint density at radius 1 is 0.833 bits per heavy atom. The van der Waals surface area contributed by atoms with Crippen molar-refractivity contribution in [3.63, 3.8) is 0 Å². The molecule has 18 heavy (non-hydrogen) atoms. The molecule has 1 N–H and O–H groups in total. The largest absolute Gasteiger partial charge is 0.307 e. The fraction of sp³-hybridized carbons (Fsp3) is 1.00. The lowest BCUT2D eigenvalue weighted by Gasteiger charge is -2.46. The second-order valence-electron chi connectivity index (χ2n) is 7.72. The summed E-state index contributed by atoms with van der Waals surface area (Å²) >= 11 is 0. The summed E-state index contributed by atoms with van der Waals surface area (Å²) in [7, 11) is 0. The van der Waals surface area contributed by atoms with E-state index in [9.17, 15) is 0 Å². The summed E-state index contributed by atoms with van der Waals surface area (Å²) in [4.78, 5) is 0. The molecule has 1 nitrogen and oxygen atoms in total. The first-order valence-electron chi connectivity index (χ1n) is 8.14. The Morgan fingerprint density at radius 3 is 1.89 bits per heavy atom. The van der Waals surface area contributed by atoms with E-state index in [1.54, 1.807) is 0 Å². The SMILES string of the molecule is CCCCCCCCC1CC(C)(C)NC(C)(C)C1. The first-order chi connectivity index (χ1) is 8.35. The molecule has 1 saturated heterocycles. The van der Waals surface area contributed by atoms with Gasteiger partial charge in [-0.15, -0.1) is 0 Å². The van der Waals surface area contributed by atoms with Crippen molar-refractivity contribution >= 4 is 0 Å². The number of rotatable bonds is 7. The van der Waals surface area contributed by atoms with E-state index in [0.717, 1.165) is 5.92 Å². The number of hydrogen-bond donors (Lipinski definition) is 1. The summed E-state index contributed by atoms with van der Waals surface area (Å²) in [6.45, 7) is 11.7. The maximum atomic E-state index is 3.78. The van der Waals surface area contributed by atoms with Crippen LogP contribution in [-0.2, 0) is 0 Å². The number of unbranched alkanes of at least 4 members (excludes halogenated alkanes) is 5. The molecule has 0 aromatic carbocycles. The van der Waals surface area contributed by atoms with Crippen molar-refractivity contribution in [2.45, 2.75) is 103 Å². The Labute approximate surface area is 115 Å². The maximum Gasteiger partial charge on any atom is 0.0132 e. The fourth-order valence-corrected chi connectivity index (χ4v) is 3.95. The van der Waals surface area contributed by atoms with Gasteiger partial charge in [0.15, 0.2) is 0 Å². The predicted octanol–water partition coefficient (Wildman–Crippen LogP) is 5.29. The van der Waals surface area contributed by atoms with Gasteiger partial charge in [0, 0.05) is 11.1 Å². The van der Waals surface area contributed by atoms with E-state index in [1.807, 2.05) is 0 Å². The van der Waals surface area contributed by atoms with Crippen LogP contribution in [0.1, 0.15) is 92.4 Å². The smallest absolute Gasteiger partial charge is 0.0132 e. The van der Waals surface area contributed by atoms with E-state index in [2.05, 4.69) is 39.9 Å². The topological polar surface area (TPSA) is 12.0 Å². The first-order valence-corrected chi connectivity index (χ1v) is 8.14. The van der Waals surface area contributed by atoms with Crippen molar-refractivity contribution in [1.82, 2.24) is 5.32 Å². The minimum absolute atomic E-state index is 0.328.